The van der Waals surface area contributed by atoms with Crippen LogP contribution in [0.2, 0.25) is 0 Å². The molecule has 0 saturated carbocycles. The molecule has 0 spiro atoms. The van der Waals surface area contributed by atoms with Crippen molar-refractivity contribution in [3.8, 4) is 5.75 Å². The number of amides is 1. The first-order valence-corrected chi connectivity index (χ1v) is 11.8. The van der Waals surface area contributed by atoms with Gasteiger partial charge in [0.1, 0.15) is 18.2 Å². The number of pyridine rings is 1. The molecule has 1 aromatic heterocycles. The average molecular weight is 457 g/mol. The second kappa shape index (κ2) is 12.1. The summed E-state index contributed by atoms with van der Waals surface area (Å²) in [4.78, 5) is 21.4. The number of hydrogen-bond donors (Lipinski definition) is 1. The van der Waals surface area contributed by atoms with Crippen molar-refractivity contribution in [3.05, 3.63) is 60.2 Å². The predicted octanol–water partition coefficient (Wildman–Crippen LogP) is 2.64. The summed E-state index contributed by atoms with van der Waals surface area (Å²) in [6, 6.07) is 10.6. The maximum atomic E-state index is 13.0. The molecule has 7 nitrogen and oxygen atoms in total. The van der Waals surface area contributed by atoms with E-state index in [0.717, 1.165) is 45.7 Å². The van der Waals surface area contributed by atoms with Crippen molar-refractivity contribution in [2.75, 3.05) is 52.5 Å². The van der Waals surface area contributed by atoms with Crippen LogP contribution in [0.4, 0.5) is 4.39 Å². The van der Waals surface area contributed by atoms with Gasteiger partial charge in [0.2, 0.25) is 5.91 Å². The molecule has 2 saturated heterocycles. The number of halogens is 1. The molecule has 2 aliphatic heterocycles. The molecule has 4 rings (SSSR count). The van der Waals surface area contributed by atoms with Crippen LogP contribution in [0.1, 0.15) is 30.9 Å². The van der Waals surface area contributed by atoms with Gasteiger partial charge in [-0.3, -0.25) is 14.7 Å². The molecule has 0 radical (unpaired) electrons. The van der Waals surface area contributed by atoms with Gasteiger partial charge in [0.15, 0.2) is 0 Å². The number of carbonyl (C=O) groups excluding carboxylic acids is 1. The van der Waals surface area contributed by atoms with Crippen LogP contribution >= 0.6 is 0 Å². The molecule has 1 N–H and O–H groups in total. The molecule has 3 heterocycles. The molecular formula is C25H33FN4O3. The highest BCUT2D eigenvalue weighted by Gasteiger charge is 2.34. The van der Waals surface area contributed by atoms with Gasteiger partial charge < -0.3 is 19.7 Å². The van der Waals surface area contributed by atoms with Gasteiger partial charge in [-0.1, -0.05) is 0 Å². The van der Waals surface area contributed by atoms with Crippen LogP contribution < -0.4 is 10.1 Å². The van der Waals surface area contributed by atoms with Crippen LogP contribution in [0, 0.1) is 5.82 Å². The Labute approximate surface area is 194 Å². The van der Waals surface area contributed by atoms with Crippen molar-refractivity contribution in [1.29, 1.82) is 0 Å². The Hall–Kier alpha value is -2.55. The zero-order chi connectivity index (χ0) is 22.9. The number of nitrogens with zero attached hydrogens (tertiary/aromatic N) is 3. The standard InChI is InChI=1S/C25H33FN4O3/c26-21-1-4-23(5-2-21)33-16-13-28-12-9-22-3-6-25(31)30(22)19-24(20-7-10-27-11-8-20)29-14-17-32-18-15-29/h1-2,4-5,7-8,10-11,22,24,28H,3,6,9,12-19H2/t22-,24-/m0/s1. The van der Waals surface area contributed by atoms with Crippen LogP contribution in [0.5, 0.6) is 5.75 Å². The van der Waals surface area contributed by atoms with E-state index < -0.39 is 0 Å². The quantitative estimate of drug-likeness (QED) is 0.525. The summed E-state index contributed by atoms with van der Waals surface area (Å²) < 4.78 is 24.1. The number of ether oxygens (including phenoxy) is 2. The Kier molecular flexibility index (Phi) is 8.63. The highest BCUT2D eigenvalue weighted by atomic mass is 19.1. The lowest BCUT2D eigenvalue weighted by Crippen LogP contribution is -2.46. The van der Waals surface area contributed by atoms with Crippen LogP contribution in [-0.2, 0) is 9.53 Å². The highest BCUT2D eigenvalue weighted by molar-refractivity contribution is 5.78. The van der Waals surface area contributed by atoms with Crippen LogP contribution in [0.3, 0.4) is 0 Å². The third-order valence-corrected chi connectivity index (χ3v) is 6.42. The summed E-state index contributed by atoms with van der Waals surface area (Å²) in [5, 5.41) is 3.41. The van der Waals surface area contributed by atoms with Crippen molar-refractivity contribution >= 4 is 5.91 Å². The summed E-state index contributed by atoms with van der Waals surface area (Å²) in [5.41, 5.74) is 1.20. The van der Waals surface area contributed by atoms with Crippen molar-refractivity contribution < 1.29 is 18.7 Å². The number of rotatable bonds is 11. The average Bonchev–Trinajstić information content (AvgIpc) is 3.20. The zero-order valence-electron chi connectivity index (χ0n) is 19.0. The fraction of sp³-hybridized carbons (Fsp3) is 0.520. The minimum absolute atomic E-state index is 0.151. The van der Waals surface area contributed by atoms with Crippen molar-refractivity contribution in [2.24, 2.45) is 0 Å². The number of hydrogen-bond acceptors (Lipinski definition) is 6. The Bertz CT molecular complexity index is 862. The highest BCUT2D eigenvalue weighted by Crippen LogP contribution is 2.28. The fourth-order valence-corrected chi connectivity index (χ4v) is 4.60. The molecule has 0 unspecified atom stereocenters. The van der Waals surface area contributed by atoms with Crippen LogP contribution in [0.25, 0.3) is 0 Å². The molecule has 0 bridgehead atoms. The van der Waals surface area contributed by atoms with E-state index in [1.165, 1.54) is 17.7 Å². The molecule has 2 fully saturated rings. The van der Waals surface area contributed by atoms with Gasteiger partial charge in [0.05, 0.1) is 19.3 Å². The molecule has 33 heavy (non-hydrogen) atoms. The smallest absolute Gasteiger partial charge is 0.222 e. The number of carbonyl (C=O) groups is 1. The molecule has 1 amide bonds. The number of aromatic nitrogens is 1. The monoisotopic (exact) mass is 456 g/mol. The van der Waals surface area contributed by atoms with Crippen molar-refractivity contribution in [3.63, 3.8) is 0 Å². The third-order valence-electron chi connectivity index (χ3n) is 6.42. The van der Waals surface area contributed by atoms with Crippen molar-refractivity contribution in [1.82, 2.24) is 20.1 Å². The normalized spacial score (nSPS) is 20.2. The van der Waals surface area contributed by atoms with Gasteiger partial charge in [-0.25, -0.2) is 4.39 Å². The number of morpholine rings is 1. The van der Waals surface area contributed by atoms with E-state index in [0.29, 0.717) is 31.9 Å². The third kappa shape index (κ3) is 6.72. The van der Waals surface area contributed by atoms with Gasteiger partial charge in [-0.15, -0.1) is 0 Å². The first kappa shape index (κ1) is 23.6. The number of nitrogens with one attached hydrogen (secondary N) is 1. The Morgan fingerprint density at radius 1 is 1.12 bits per heavy atom. The number of benzene rings is 1. The summed E-state index contributed by atoms with van der Waals surface area (Å²) in [7, 11) is 0. The van der Waals surface area contributed by atoms with Gasteiger partial charge >= 0.3 is 0 Å². The lowest BCUT2D eigenvalue weighted by Gasteiger charge is -2.38. The lowest BCUT2D eigenvalue weighted by atomic mass is 10.0. The Morgan fingerprint density at radius 2 is 1.88 bits per heavy atom. The predicted molar refractivity (Wildman–Crippen MR) is 123 cm³/mol. The second-order valence-corrected chi connectivity index (χ2v) is 8.52. The summed E-state index contributed by atoms with van der Waals surface area (Å²) in [6.45, 7) is 5.92. The molecule has 2 atom stereocenters. The van der Waals surface area contributed by atoms with Crippen LogP contribution in [0.15, 0.2) is 48.8 Å². The molecule has 178 valence electrons. The first-order valence-electron chi connectivity index (χ1n) is 11.8. The van der Waals surface area contributed by atoms with E-state index in [9.17, 15) is 9.18 Å². The SMILES string of the molecule is O=C1CC[C@@H](CCNCCOc2ccc(F)cc2)N1C[C@@H](c1ccncc1)N1CCOCC1. The van der Waals surface area contributed by atoms with Crippen molar-refractivity contribution in [2.45, 2.75) is 31.3 Å². The van der Waals surface area contributed by atoms with Gasteiger partial charge in [-0.05, 0) is 61.3 Å². The number of likely N-dealkylation sites (tertiary alicyclic amines) is 1. The largest absolute Gasteiger partial charge is 0.492 e. The first-order chi connectivity index (χ1) is 16.2. The summed E-state index contributed by atoms with van der Waals surface area (Å²) in [5.74, 6) is 0.638. The van der Waals surface area contributed by atoms with E-state index in [4.69, 9.17) is 9.47 Å². The zero-order valence-corrected chi connectivity index (χ0v) is 19.0. The second-order valence-electron chi connectivity index (χ2n) is 8.52. The molecule has 2 aromatic rings. The Balaban J connectivity index is 1.27. The molecule has 2 aliphatic rings. The minimum Gasteiger partial charge on any atom is -0.492 e. The lowest BCUT2D eigenvalue weighted by molar-refractivity contribution is -0.130. The van der Waals surface area contributed by atoms with Gasteiger partial charge in [0, 0.05) is 51.0 Å². The van der Waals surface area contributed by atoms with E-state index >= 15 is 0 Å². The topological polar surface area (TPSA) is 66.9 Å². The molecular weight excluding hydrogens is 423 g/mol. The van der Waals surface area contributed by atoms with E-state index in [-0.39, 0.29) is 23.8 Å². The summed E-state index contributed by atoms with van der Waals surface area (Å²) in [6.07, 6.45) is 6.08. The summed E-state index contributed by atoms with van der Waals surface area (Å²) >= 11 is 0. The van der Waals surface area contributed by atoms with Gasteiger partial charge in [-0.2, -0.15) is 0 Å². The minimum atomic E-state index is -0.268. The molecule has 0 aliphatic carbocycles. The fourth-order valence-electron chi connectivity index (χ4n) is 4.60. The maximum absolute atomic E-state index is 13.0. The van der Waals surface area contributed by atoms with E-state index in [1.807, 2.05) is 12.4 Å². The van der Waals surface area contributed by atoms with Crippen LogP contribution in [-0.4, -0.2) is 79.3 Å². The Morgan fingerprint density at radius 3 is 2.64 bits per heavy atom. The molecule has 8 heteroatoms. The van der Waals surface area contributed by atoms with E-state index in [1.54, 1.807) is 12.1 Å². The molecule has 1 aromatic carbocycles. The maximum Gasteiger partial charge on any atom is 0.222 e. The van der Waals surface area contributed by atoms with E-state index in [2.05, 4.69) is 32.2 Å². The van der Waals surface area contributed by atoms with Gasteiger partial charge in [0.25, 0.3) is 0 Å².